The molecule has 0 radical (unpaired) electrons. The summed E-state index contributed by atoms with van der Waals surface area (Å²) in [4.78, 5) is 48.5. The zero-order valence-corrected chi connectivity index (χ0v) is 32.9. The number of amides is 3. The van der Waals surface area contributed by atoms with Crippen molar-refractivity contribution in [2.75, 3.05) is 12.3 Å². The van der Waals surface area contributed by atoms with Crippen molar-refractivity contribution in [3.05, 3.63) is 54.1 Å². The van der Waals surface area contributed by atoms with Gasteiger partial charge in [0.25, 0.3) is 0 Å². The average molecular weight is 745 g/mol. The van der Waals surface area contributed by atoms with Gasteiger partial charge in [-0.15, -0.1) is 0 Å². The average Bonchev–Trinajstić information content (AvgIpc) is 3.58. The molecule has 1 aliphatic carbocycles. The minimum atomic E-state index is -3.43. The molecular weight excluding hydrogens is 681 g/mol. The van der Waals surface area contributed by atoms with Crippen molar-refractivity contribution in [2.24, 2.45) is 23.2 Å². The largest absolute Gasteiger partial charge is 0.391 e. The first-order chi connectivity index (χ1) is 24.5. The van der Waals surface area contributed by atoms with Crippen LogP contribution in [0.1, 0.15) is 111 Å². The molecule has 6 N–H and O–H groups in total. The molecular formula is C39H64N6O6S. The van der Waals surface area contributed by atoms with E-state index in [9.17, 15) is 27.9 Å². The maximum atomic E-state index is 14.2. The van der Waals surface area contributed by atoms with Crippen LogP contribution in [0.5, 0.6) is 0 Å². The number of nitrogens with zero attached hydrogens (tertiary/aromatic N) is 1. The number of carbonyl (C=O) groups excluding carboxylic acids is 3. The molecule has 52 heavy (non-hydrogen) atoms. The van der Waals surface area contributed by atoms with Gasteiger partial charge in [0.05, 0.1) is 29.9 Å². The molecule has 1 aromatic carbocycles. The number of H-pyrrole nitrogens is 1. The molecule has 1 heterocycles. The molecule has 12 nitrogen and oxygen atoms in total. The first-order valence-corrected chi connectivity index (χ1v) is 20.8. The molecule has 0 aliphatic heterocycles. The van der Waals surface area contributed by atoms with E-state index in [1.54, 1.807) is 6.20 Å². The summed E-state index contributed by atoms with van der Waals surface area (Å²) >= 11 is 0. The second-order valence-corrected chi connectivity index (χ2v) is 18.1. The zero-order valence-electron chi connectivity index (χ0n) is 32.1. The molecule has 1 saturated carbocycles. The number of benzene rings is 1. The van der Waals surface area contributed by atoms with E-state index in [0.29, 0.717) is 30.9 Å². The maximum Gasteiger partial charge on any atom is 0.243 e. The van der Waals surface area contributed by atoms with E-state index in [1.165, 1.54) is 6.33 Å². The number of rotatable bonds is 21. The Morgan fingerprint density at radius 1 is 0.962 bits per heavy atom. The Labute approximate surface area is 311 Å². The Hall–Kier alpha value is -3.29. The SMILES string of the molecule is CCCS(=O)(=O)NC[C@@H](C[C@H](O)[C@H](CC1CCCCC1)NC(=O)[C@H](Cc1c[nH]cn1)NC(=O)[C@H](Cc1ccccc1)NC(=O)CC(C)(C)C)C(C)C. The van der Waals surface area contributed by atoms with Gasteiger partial charge in [-0.1, -0.05) is 104 Å². The third-order valence-corrected chi connectivity index (χ3v) is 11.4. The minimum Gasteiger partial charge on any atom is -0.391 e. The van der Waals surface area contributed by atoms with Gasteiger partial charge in [0.2, 0.25) is 27.7 Å². The Kier molecular flexibility index (Phi) is 17.3. The predicted molar refractivity (Wildman–Crippen MR) is 205 cm³/mol. The molecule has 0 saturated heterocycles. The van der Waals surface area contributed by atoms with Crippen LogP contribution in [0.15, 0.2) is 42.9 Å². The zero-order chi connectivity index (χ0) is 38.3. The molecule has 3 rings (SSSR count). The summed E-state index contributed by atoms with van der Waals surface area (Å²) in [5.74, 6) is -0.942. The first kappa shape index (κ1) is 43.1. The highest BCUT2D eigenvalue weighted by atomic mass is 32.2. The Balaban J connectivity index is 1.85. The van der Waals surface area contributed by atoms with Gasteiger partial charge in [-0.05, 0) is 48.0 Å². The third-order valence-electron chi connectivity index (χ3n) is 9.86. The lowest BCUT2D eigenvalue weighted by Gasteiger charge is -2.34. The second-order valence-electron chi connectivity index (χ2n) is 16.2. The van der Waals surface area contributed by atoms with Crippen LogP contribution in [0.3, 0.4) is 0 Å². The van der Waals surface area contributed by atoms with Gasteiger partial charge < -0.3 is 26.0 Å². The van der Waals surface area contributed by atoms with Crippen molar-refractivity contribution in [1.29, 1.82) is 0 Å². The normalized spacial score (nSPS) is 17.2. The summed E-state index contributed by atoms with van der Waals surface area (Å²) in [5.41, 5.74) is 1.14. The lowest BCUT2D eigenvalue weighted by Crippen LogP contribution is -2.57. The van der Waals surface area contributed by atoms with Gasteiger partial charge in [-0.25, -0.2) is 18.1 Å². The van der Waals surface area contributed by atoms with Crippen molar-refractivity contribution in [2.45, 2.75) is 136 Å². The number of aliphatic hydroxyl groups is 1. The fourth-order valence-corrected chi connectivity index (χ4v) is 8.05. The molecule has 2 aromatic rings. The van der Waals surface area contributed by atoms with Gasteiger partial charge in [0.1, 0.15) is 12.1 Å². The molecule has 0 unspecified atom stereocenters. The second kappa shape index (κ2) is 20.8. The number of sulfonamides is 1. The first-order valence-electron chi connectivity index (χ1n) is 19.1. The van der Waals surface area contributed by atoms with Crippen molar-refractivity contribution in [3.8, 4) is 0 Å². The van der Waals surface area contributed by atoms with Gasteiger partial charge in [-0.3, -0.25) is 14.4 Å². The van der Waals surface area contributed by atoms with Crippen LogP contribution < -0.4 is 20.7 Å². The van der Waals surface area contributed by atoms with Gasteiger partial charge >= 0.3 is 0 Å². The maximum absolute atomic E-state index is 14.2. The van der Waals surface area contributed by atoms with Gasteiger partial charge in [0, 0.05) is 32.0 Å². The molecule has 0 bridgehead atoms. The number of hydrogen-bond acceptors (Lipinski definition) is 7. The third kappa shape index (κ3) is 15.8. The summed E-state index contributed by atoms with van der Waals surface area (Å²) in [6.45, 7) is 11.9. The van der Waals surface area contributed by atoms with Crippen LogP contribution in [-0.4, -0.2) is 77.7 Å². The summed E-state index contributed by atoms with van der Waals surface area (Å²) in [6, 6.07) is 6.81. The topological polar surface area (TPSA) is 182 Å². The Morgan fingerprint density at radius 3 is 2.21 bits per heavy atom. The molecule has 3 amide bonds. The van der Waals surface area contributed by atoms with E-state index in [1.807, 2.05) is 71.9 Å². The Bertz CT molecular complexity index is 1470. The minimum absolute atomic E-state index is 0.0380. The van der Waals surface area contributed by atoms with E-state index < -0.39 is 46.1 Å². The van der Waals surface area contributed by atoms with Crippen LogP contribution in [0, 0.1) is 23.2 Å². The van der Waals surface area contributed by atoms with Crippen molar-refractivity contribution in [1.82, 2.24) is 30.6 Å². The lowest BCUT2D eigenvalue weighted by molar-refractivity contribution is -0.133. The summed E-state index contributed by atoms with van der Waals surface area (Å²) in [7, 11) is -3.43. The lowest BCUT2D eigenvalue weighted by atomic mass is 9.81. The van der Waals surface area contributed by atoms with E-state index in [-0.39, 0.29) is 54.7 Å². The van der Waals surface area contributed by atoms with Crippen molar-refractivity contribution < 1.29 is 27.9 Å². The van der Waals surface area contributed by atoms with Crippen molar-refractivity contribution in [3.63, 3.8) is 0 Å². The number of nitrogens with one attached hydrogen (secondary N) is 5. The van der Waals surface area contributed by atoms with Crippen LogP contribution in [0.2, 0.25) is 0 Å². The van der Waals surface area contributed by atoms with Gasteiger partial charge in [-0.2, -0.15) is 0 Å². The smallest absolute Gasteiger partial charge is 0.243 e. The van der Waals surface area contributed by atoms with E-state index in [4.69, 9.17) is 0 Å². The highest BCUT2D eigenvalue weighted by molar-refractivity contribution is 7.89. The fraction of sp³-hybridized carbons (Fsp3) is 0.692. The van der Waals surface area contributed by atoms with E-state index >= 15 is 0 Å². The highest BCUT2D eigenvalue weighted by Crippen LogP contribution is 2.30. The standard InChI is InChI=1S/C39H64N6O6S/c1-7-18-52(50,51)42-24-30(27(2)3)21-35(46)32(19-28-14-10-8-11-15-28)44-38(49)34(22-31-25-40-26-41-31)45-37(48)33(20-29-16-12-9-13-17-29)43-36(47)23-39(4,5)6/h9,12-13,16-17,25-28,30,32-35,42,46H,7-8,10-11,14-15,18-24H2,1-6H3,(H,40,41)(H,43,47)(H,44,49)(H,45,48)/t30-,32+,33+,34+,35+/m1/s1. The van der Waals surface area contributed by atoms with Crippen LogP contribution in [0.25, 0.3) is 0 Å². The molecule has 1 aliphatic rings. The predicted octanol–water partition coefficient (Wildman–Crippen LogP) is 4.41. The number of hydrogen-bond donors (Lipinski definition) is 6. The van der Waals surface area contributed by atoms with Crippen LogP contribution >= 0.6 is 0 Å². The molecule has 5 atom stereocenters. The number of aromatic nitrogens is 2. The number of carbonyl (C=O) groups is 3. The number of aliphatic hydroxyl groups excluding tert-OH is 1. The Morgan fingerprint density at radius 2 is 1.62 bits per heavy atom. The highest BCUT2D eigenvalue weighted by Gasteiger charge is 2.34. The summed E-state index contributed by atoms with van der Waals surface area (Å²) in [5, 5.41) is 20.7. The number of imidazole rings is 1. The molecule has 292 valence electrons. The van der Waals surface area contributed by atoms with E-state index in [2.05, 4.69) is 30.6 Å². The summed E-state index contributed by atoms with van der Waals surface area (Å²) < 4.78 is 27.6. The quantitative estimate of drug-likeness (QED) is 0.110. The molecule has 1 aromatic heterocycles. The van der Waals surface area contributed by atoms with Crippen molar-refractivity contribution >= 4 is 27.7 Å². The van der Waals surface area contributed by atoms with E-state index in [0.717, 1.165) is 37.7 Å². The summed E-state index contributed by atoms with van der Waals surface area (Å²) in [6.07, 6.45) is 9.51. The monoisotopic (exact) mass is 744 g/mol. The molecule has 0 spiro atoms. The van der Waals surface area contributed by atoms with Crippen LogP contribution in [-0.2, 0) is 37.2 Å². The van der Waals surface area contributed by atoms with Crippen LogP contribution in [0.4, 0.5) is 0 Å². The van der Waals surface area contributed by atoms with Gasteiger partial charge in [0.15, 0.2) is 0 Å². The molecule has 13 heteroatoms. The molecule has 1 fully saturated rings. The fourth-order valence-electron chi connectivity index (χ4n) is 6.90. The number of aromatic amines is 1.